The summed E-state index contributed by atoms with van der Waals surface area (Å²) in [6.07, 6.45) is 0.0572. The molecule has 0 radical (unpaired) electrons. The van der Waals surface area contributed by atoms with E-state index in [0.717, 1.165) is 6.07 Å². The van der Waals surface area contributed by atoms with Gasteiger partial charge in [0.1, 0.15) is 17.4 Å². The topological polar surface area (TPSA) is 126 Å². The molecule has 0 spiro atoms. The fraction of sp³-hybridized carbons (Fsp3) is 0.361. The highest BCUT2D eigenvalue weighted by Gasteiger charge is 2.38. The molecule has 2 atom stereocenters. The average molecular weight is 701 g/mol. The molecule has 4 rings (SSSR count). The Morgan fingerprint density at radius 2 is 1.90 bits per heavy atom. The number of ether oxygens (including phenoxy) is 1. The van der Waals surface area contributed by atoms with Gasteiger partial charge in [-0.15, -0.1) is 0 Å². The van der Waals surface area contributed by atoms with Crippen LogP contribution in [0.15, 0.2) is 65.1 Å². The first-order valence-electron chi connectivity index (χ1n) is 15.7. The highest BCUT2D eigenvalue weighted by atomic mass is 32.2. The van der Waals surface area contributed by atoms with Crippen LogP contribution in [0.1, 0.15) is 60.4 Å². The molecule has 0 saturated carbocycles. The molecule has 0 amide bonds. The summed E-state index contributed by atoms with van der Waals surface area (Å²) < 4.78 is 81.0. The predicted molar refractivity (Wildman–Crippen MR) is 187 cm³/mol. The lowest BCUT2D eigenvalue weighted by Gasteiger charge is -2.32. The summed E-state index contributed by atoms with van der Waals surface area (Å²) in [4.78, 5) is 19.8. The van der Waals surface area contributed by atoms with Crippen molar-refractivity contribution in [2.24, 2.45) is 15.7 Å². The normalized spacial score (nSPS) is 21.0. The lowest BCUT2D eigenvalue weighted by atomic mass is 9.75. The molecule has 3 aromatic rings. The first kappa shape index (κ1) is 37.3. The van der Waals surface area contributed by atoms with Crippen molar-refractivity contribution < 1.29 is 36.4 Å². The molecule has 2 bridgehead atoms. The van der Waals surface area contributed by atoms with Crippen LogP contribution >= 0.6 is 0 Å². The van der Waals surface area contributed by atoms with Gasteiger partial charge in [-0.05, 0) is 55.5 Å². The van der Waals surface area contributed by atoms with E-state index < -0.39 is 52.6 Å². The molecule has 0 aromatic heterocycles. The van der Waals surface area contributed by atoms with Crippen molar-refractivity contribution in [3.05, 3.63) is 94.6 Å². The zero-order chi connectivity index (χ0) is 35.9. The smallest absolute Gasteiger partial charge is 0.303 e. The molecule has 1 aliphatic heterocycles. The van der Waals surface area contributed by atoms with E-state index in [1.807, 2.05) is 0 Å². The van der Waals surface area contributed by atoms with Crippen LogP contribution in [-0.4, -0.2) is 58.5 Å². The van der Waals surface area contributed by atoms with Gasteiger partial charge in [-0.3, -0.25) is 14.0 Å². The van der Waals surface area contributed by atoms with E-state index >= 15 is 17.6 Å². The molecule has 1 heterocycles. The Morgan fingerprint density at radius 1 is 1.14 bits per heavy atom. The summed E-state index contributed by atoms with van der Waals surface area (Å²) in [5.41, 5.74) is 7.50. The van der Waals surface area contributed by atoms with E-state index in [-0.39, 0.29) is 65.9 Å². The maximum absolute atomic E-state index is 15.6. The van der Waals surface area contributed by atoms with Gasteiger partial charge in [-0.1, -0.05) is 36.9 Å². The van der Waals surface area contributed by atoms with E-state index in [1.54, 1.807) is 38.2 Å². The number of carbonyl (C=O) groups is 1. The van der Waals surface area contributed by atoms with Gasteiger partial charge in [0.15, 0.2) is 17.4 Å². The van der Waals surface area contributed by atoms with Crippen LogP contribution in [0.25, 0.3) is 6.08 Å². The number of carboxylic acids is 1. The second-order valence-corrected chi connectivity index (χ2v) is 13.7. The van der Waals surface area contributed by atoms with Crippen molar-refractivity contribution in [3.63, 3.8) is 0 Å². The summed E-state index contributed by atoms with van der Waals surface area (Å²) in [6, 6.07) is 11.7. The summed E-state index contributed by atoms with van der Waals surface area (Å²) in [5, 5.41) is 12.1. The number of aliphatic imine (C=N–C) groups is 2. The Hall–Kier alpha value is -4.52. The summed E-state index contributed by atoms with van der Waals surface area (Å²) >= 11 is 0. The number of fused-ring (bicyclic) bond motifs is 3. The number of nitrogens with zero attached hydrogens (tertiary/aromatic N) is 2. The summed E-state index contributed by atoms with van der Waals surface area (Å²) in [6.45, 7) is 5.46. The van der Waals surface area contributed by atoms with Gasteiger partial charge in [-0.2, -0.15) is 0 Å². The van der Waals surface area contributed by atoms with Crippen LogP contribution in [0.3, 0.4) is 0 Å². The molecule has 4 N–H and O–H groups in total. The standard InChI is InChI=1S/C36H40F4N4O4S/c1-5-25-26-13-17-49(47)18-16-36(39,40)15-14-35(2,23-8-6-7-22(19-23)9-12-31(45)46)34(41)44-33(43-4)27-20-24(10-11-28(27)37)48-32(26)29(38)21-30(25)42-3/h5-8,10-11,19-21,42H,1,9,12-18H2,2-4H3,(H,45,46)(H2,41,43,44). The number of anilines is 1. The van der Waals surface area contributed by atoms with Crippen LogP contribution in [0.5, 0.6) is 11.5 Å². The molecule has 262 valence electrons. The second kappa shape index (κ2) is 15.8. The fourth-order valence-corrected chi connectivity index (χ4v) is 6.87. The number of nitrogens with one attached hydrogen (secondary N) is 1. The second-order valence-electron chi connectivity index (χ2n) is 12.0. The molecule has 13 heteroatoms. The Morgan fingerprint density at radius 3 is 2.57 bits per heavy atom. The van der Waals surface area contributed by atoms with Gasteiger partial charge in [0, 0.05) is 78.5 Å². The highest BCUT2D eigenvalue weighted by molar-refractivity contribution is 7.84. The molecule has 2 unspecified atom stereocenters. The fourth-order valence-electron chi connectivity index (χ4n) is 5.70. The molecular weight excluding hydrogens is 660 g/mol. The van der Waals surface area contributed by atoms with Gasteiger partial charge in [0.25, 0.3) is 0 Å². The van der Waals surface area contributed by atoms with Crippen molar-refractivity contribution >= 4 is 40.2 Å². The van der Waals surface area contributed by atoms with Crippen LogP contribution < -0.4 is 15.8 Å². The summed E-state index contributed by atoms with van der Waals surface area (Å²) in [7, 11) is 1.27. The SMILES string of the molecule is C=Cc1c(NC)cc(F)c2c1CCS(=O)CCC(F)(F)CCC(C)(c1cccc(CCC(=O)O)c1)C(N)=NC(=NC)c1cc(ccc1F)O2. The number of benzene rings is 3. The number of halogens is 4. The number of aliphatic carboxylic acids is 1. The Kier molecular flexibility index (Phi) is 12.0. The van der Waals surface area contributed by atoms with Gasteiger partial charge >= 0.3 is 5.97 Å². The molecule has 0 aliphatic carbocycles. The third-order valence-electron chi connectivity index (χ3n) is 8.71. The van der Waals surface area contributed by atoms with Gasteiger partial charge in [0.05, 0.1) is 11.0 Å². The zero-order valence-electron chi connectivity index (χ0n) is 27.6. The van der Waals surface area contributed by atoms with Crippen molar-refractivity contribution in [1.82, 2.24) is 0 Å². The lowest BCUT2D eigenvalue weighted by molar-refractivity contribution is -0.136. The Bertz CT molecular complexity index is 1810. The number of rotatable bonds is 6. The first-order chi connectivity index (χ1) is 23.2. The maximum atomic E-state index is 15.6. The van der Waals surface area contributed by atoms with Crippen molar-refractivity contribution in [1.29, 1.82) is 0 Å². The third kappa shape index (κ3) is 8.94. The van der Waals surface area contributed by atoms with Gasteiger partial charge in [0.2, 0.25) is 5.92 Å². The average Bonchev–Trinajstić information content (AvgIpc) is 3.08. The molecular formula is C36H40F4N4O4S. The molecule has 3 aromatic carbocycles. The van der Waals surface area contributed by atoms with Crippen LogP contribution in [0.2, 0.25) is 0 Å². The number of hydrogen-bond acceptors (Lipinski definition) is 6. The number of nitrogens with two attached hydrogens (primary N) is 1. The minimum atomic E-state index is -3.25. The molecule has 1 aliphatic rings. The predicted octanol–water partition coefficient (Wildman–Crippen LogP) is 7.26. The third-order valence-corrected chi connectivity index (χ3v) is 10.0. The minimum Gasteiger partial charge on any atom is -0.481 e. The molecule has 0 fully saturated rings. The van der Waals surface area contributed by atoms with Crippen molar-refractivity contribution in [3.8, 4) is 11.5 Å². The Balaban J connectivity index is 1.89. The summed E-state index contributed by atoms with van der Waals surface area (Å²) in [5.74, 6) is -6.54. The van der Waals surface area contributed by atoms with E-state index in [2.05, 4.69) is 21.9 Å². The molecule has 8 nitrogen and oxygen atoms in total. The lowest BCUT2D eigenvalue weighted by Crippen LogP contribution is -2.41. The Labute approximate surface area is 285 Å². The molecule has 0 saturated heterocycles. The number of amidine groups is 2. The van der Waals surface area contributed by atoms with E-state index in [1.165, 1.54) is 31.3 Å². The maximum Gasteiger partial charge on any atom is 0.303 e. The molecule has 49 heavy (non-hydrogen) atoms. The van der Waals surface area contributed by atoms with Crippen LogP contribution in [0.4, 0.5) is 23.2 Å². The minimum absolute atomic E-state index is 0.0220. The van der Waals surface area contributed by atoms with Gasteiger partial charge < -0.3 is 20.9 Å². The van der Waals surface area contributed by atoms with Crippen molar-refractivity contribution in [2.45, 2.75) is 56.8 Å². The number of hydrogen-bond donors (Lipinski definition) is 3. The quantitative estimate of drug-likeness (QED) is 0.233. The van der Waals surface area contributed by atoms with Crippen molar-refractivity contribution in [2.75, 3.05) is 30.9 Å². The number of aryl methyl sites for hydroxylation is 1. The highest BCUT2D eigenvalue weighted by Crippen LogP contribution is 2.39. The van der Waals surface area contributed by atoms with E-state index in [4.69, 9.17) is 10.5 Å². The first-order valence-corrected chi connectivity index (χ1v) is 17.2. The zero-order valence-corrected chi connectivity index (χ0v) is 28.4. The van der Waals surface area contributed by atoms with E-state index in [9.17, 15) is 14.1 Å². The van der Waals surface area contributed by atoms with Gasteiger partial charge in [-0.25, -0.2) is 22.6 Å². The number of carboxylic acid groups (broad SMARTS) is 1. The monoisotopic (exact) mass is 700 g/mol. The van der Waals surface area contributed by atoms with Crippen LogP contribution in [-0.2, 0) is 33.9 Å². The largest absolute Gasteiger partial charge is 0.481 e. The van der Waals surface area contributed by atoms with E-state index in [0.29, 0.717) is 27.9 Å². The number of alkyl halides is 2. The van der Waals surface area contributed by atoms with Crippen LogP contribution in [0, 0.1) is 11.6 Å².